The Labute approximate surface area is 151 Å². The van der Waals surface area contributed by atoms with Crippen molar-refractivity contribution in [1.29, 1.82) is 0 Å². The summed E-state index contributed by atoms with van der Waals surface area (Å²) in [7, 11) is 1.58. The molecule has 0 aliphatic carbocycles. The van der Waals surface area contributed by atoms with Crippen molar-refractivity contribution >= 4 is 23.5 Å². The zero-order chi connectivity index (χ0) is 18.2. The lowest BCUT2D eigenvalue weighted by molar-refractivity contribution is -0.148. The first kappa shape index (κ1) is 18.8. The van der Waals surface area contributed by atoms with Crippen LogP contribution in [0.3, 0.4) is 0 Å². The van der Waals surface area contributed by atoms with Gasteiger partial charge in [-0.2, -0.15) is 0 Å². The van der Waals surface area contributed by atoms with Gasteiger partial charge in [-0.15, -0.1) is 0 Å². The second-order valence-electron chi connectivity index (χ2n) is 5.39. The van der Waals surface area contributed by atoms with Gasteiger partial charge in [0, 0.05) is 5.02 Å². The highest BCUT2D eigenvalue weighted by atomic mass is 35.5. The number of halogens is 1. The van der Waals surface area contributed by atoms with Crippen LogP contribution in [-0.2, 0) is 20.9 Å². The van der Waals surface area contributed by atoms with Crippen LogP contribution in [0.25, 0.3) is 0 Å². The fraction of sp³-hybridized carbons (Fsp3) is 0.263. The molecular weight excluding hydrogens is 344 g/mol. The third kappa shape index (κ3) is 6.12. The monoisotopic (exact) mass is 362 g/mol. The highest BCUT2D eigenvalue weighted by Gasteiger charge is 2.11. The summed E-state index contributed by atoms with van der Waals surface area (Å²) in [5, 5.41) is 0.599. The van der Waals surface area contributed by atoms with E-state index in [0.29, 0.717) is 10.8 Å². The first-order valence-electron chi connectivity index (χ1n) is 7.73. The predicted molar refractivity (Wildman–Crippen MR) is 93.8 cm³/mol. The van der Waals surface area contributed by atoms with E-state index in [4.69, 9.17) is 25.8 Å². The molecule has 0 aliphatic heterocycles. The zero-order valence-corrected chi connectivity index (χ0v) is 14.8. The number of ether oxygens (including phenoxy) is 3. The Balaban J connectivity index is 1.73. The van der Waals surface area contributed by atoms with Crippen LogP contribution in [0, 0.1) is 6.92 Å². The number of hydrogen-bond acceptors (Lipinski definition) is 5. The number of rotatable bonds is 7. The van der Waals surface area contributed by atoms with Gasteiger partial charge in [0.15, 0.2) is 0 Å². The van der Waals surface area contributed by atoms with E-state index in [-0.39, 0.29) is 19.4 Å². The van der Waals surface area contributed by atoms with E-state index in [2.05, 4.69) is 0 Å². The topological polar surface area (TPSA) is 61.8 Å². The van der Waals surface area contributed by atoms with E-state index in [1.165, 1.54) is 0 Å². The molecule has 0 aliphatic rings. The van der Waals surface area contributed by atoms with Gasteiger partial charge < -0.3 is 14.2 Å². The van der Waals surface area contributed by atoms with Crippen molar-refractivity contribution in [1.82, 2.24) is 0 Å². The number of esters is 2. The maximum Gasteiger partial charge on any atom is 0.311 e. The summed E-state index contributed by atoms with van der Waals surface area (Å²) in [6.45, 7) is 1.96. The molecule has 0 radical (unpaired) electrons. The number of carbonyl (C=O) groups excluding carboxylic acids is 2. The van der Waals surface area contributed by atoms with Crippen LogP contribution < -0.4 is 9.47 Å². The van der Waals surface area contributed by atoms with Crippen molar-refractivity contribution in [3.8, 4) is 11.5 Å². The second-order valence-corrected chi connectivity index (χ2v) is 5.80. The van der Waals surface area contributed by atoms with Crippen LogP contribution in [0.1, 0.15) is 24.0 Å². The largest absolute Gasteiger partial charge is 0.497 e. The SMILES string of the molecule is COc1ccc(COC(=O)CCC(=O)Oc2ccc(Cl)c(C)c2)cc1. The second kappa shape index (κ2) is 9.08. The summed E-state index contributed by atoms with van der Waals surface area (Å²) in [6.07, 6.45) is -0.0926. The first-order chi connectivity index (χ1) is 12.0. The Morgan fingerprint density at radius 1 is 0.960 bits per heavy atom. The normalized spacial score (nSPS) is 10.2. The van der Waals surface area contributed by atoms with Crippen LogP contribution in [0.15, 0.2) is 42.5 Å². The van der Waals surface area contributed by atoms with Crippen molar-refractivity contribution in [3.63, 3.8) is 0 Å². The number of methoxy groups -OCH3 is 1. The molecule has 0 aromatic heterocycles. The van der Waals surface area contributed by atoms with Gasteiger partial charge in [0.2, 0.25) is 0 Å². The van der Waals surface area contributed by atoms with Crippen molar-refractivity contribution in [2.24, 2.45) is 0 Å². The van der Waals surface area contributed by atoms with Gasteiger partial charge in [0.25, 0.3) is 0 Å². The first-order valence-corrected chi connectivity index (χ1v) is 8.11. The van der Waals surface area contributed by atoms with E-state index in [1.807, 2.05) is 19.1 Å². The van der Waals surface area contributed by atoms with Gasteiger partial charge in [-0.1, -0.05) is 23.7 Å². The van der Waals surface area contributed by atoms with Crippen LogP contribution in [0.2, 0.25) is 5.02 Å². The molecule has 0 bridgehead atoms. The highest BCUT2D eigenvalue weighted by molar-refractivity contribution is 6.31. The number of carbonyl (C=O) groups is 2. The standard InChI is InChI=1S/C19H19ClO5/c1-13-11-16(7-8-17(13)20)25-19(22)10-9-18(21)24-12-14-3-5-15(23-2)6-4-14/h3-8,11H,9-10,12H2,1-2H3. The molecule has 6 heteroatoms. The van der Waals surface area contributed by atoms with Crippen molar-refractivity contribution < 1.29 is 23.8 Å². The molecular formula is C19H19ClO5. The molecule has 0 spiro atoms. The third-order valence-corrected chi connectivity index (χ3v) is 3.88. The molecule has 5 nitrogen and oxygen atoms in total. The predicted octanol–water partition coefficient (Wildman–Crippen LogP) is 4.09. The Morgan fingerprint density at radius 2 is 1.60 bits per heavy atom. The van der Waals surface area contributed by atoms with E-state index >= 15 is 0 Å². The molecule has 2 aromatic rings. The number of hydrogen-bond donors (Lipinski definition) is 0. The van der Waals surface area contributed by atoms with Crippen LogP contribution >= 0.6 is 11.6 Å². The van der Waals surface area contributed by atoms with E-state index in [0.717, 1.165) is 16.9 Å². The summed E-state index contributed by atoms with van der Waals surface area (Å²) >= 11 is 5.91. The van der Waals surface area contributed by atoms with Gasteiger partial charge in [-0.25, -0.2) is 0 Å². The molecule has 0 atom stereocenters. The molecule has 0 heterocycles. The van der Waals surface area contributed by atoms with Gasteiger partial charge in [0.1, 0.15) is 18.1 Å². The molecule has 2 rings (SSSR count). The molecule has 0 saturated carbocycles. The van der Waals surface area contributed by atoms with Crippen LogP contribution in [-0.4, -0.2) is 19.0 Å². The van der Waals surface area contributed by atoms with E-state index in [1.54, 1.807) is 37.4 Å². The Kier molecular flexibility index (Phi) is 6.83. The smallest absolute Gasteiger partial charge is 0.311 e. The lowest BCUT2D eigenvalue weighted by atomic mass is 10.2. The molecule has 0 amide bonds. The van der Waals surface area contributed by atoms with Crippen LogP contribution in [0.4, 0.5) is 0 Å². The minimum absolute atomic E-state index is 0.0401. The van der Waals surface area contributed by atoms with Crippen molar-refractivity contribution in [3.05, 3.63) is 58.6 Å². The van der Waals surface area contributed by atoms with Gasteiger partial charge in [0.05, 0.1) is 20.0 Å². The Morgan fingerprint density at radius 3 is 2.24 bits per heavy atom. The number of aryl methyl sites for hydroxylation is 1. The molecule has 0 N–H and O–H groups in total. The van der Waals surface area contributed by atoms with Gasteiger partial charge in [-0.05, 0) is 48.4 Å². The molecule has 0 fully saturated rings. The van der Waals surface area contributed by atoms with Gasteiger partial charge >= 0.3 is 11.9 Å². The third-order valence-electron chi connectivity index (χ3n) is 3.45. The minimum Gasteiger partial charge on any atom is -0.497 e. The molecule has 0 unspecified atom stereocenters. The zero-order valence-electron chi connectivity index (χ0n) is 14.1. The maximum atomic E-state index is 11.8. The summed E-state index contributed by atoms with van der Waals surface area (Å²) in [5.41, 5.74) is 1.65. The average molecular weight is 363 g/mol. The Hall–Kier alpha value is -2.53. The minimum atomic E-state index is -0.497. The van der Waals surface area contributed by atoms with E-state index < -0.39 is 11.9 Å². The summed E-state index contributed by atoms with van der Waals surface area (Å²) in [4.78, 5) is 23.5. The van der Waals surface area contributed by atoms with Crippen molar-refractivity contribution in [2.75, 3.05) is 7.11 Å². The van der Waals surface area contributed by atoms with Crippen LogP contribution in [0.5, 0.6) is 11.5 Å². The fourth-order valence-electron chi connectivity index (χ4n) is 2.03. The highest BCUT2D eigenvalue weighted by Crippen LogP contribution is 2.21. The molecule has 25 heavy (non-hydrogen) atoms. The summed E-state index contributed by atoms with van der Waals surface area (Å²) in [6, 6.07) is 12.1. The van der Waals surface area contributed by atoms with Gasteiger partial charge in [-0.3, -0.25) is 9.59 Å². The summed E-state index contributed by atoms with van der Waals surface area (Å²) in [5.74, 6) is 0.178. The van der Waals surface area contributed by atoms with Crippen molar-refractivity contribution in [2.45, 2.75) is 26.4 Å². The average Bonchev–Trinajstić information content (AvgIpc) is 2.61. The lowest BCUT2D eigenvalue weighted by Gasteiger charge is -2.07. The van der Waals surface area contributed by atoms with E-state index in [9.17, 15) is 9.59 Å². The number of benzene rings is 2. The molecule has 2 aromatic carbocycles. The maximum absolute atomic E-state index is 11.8. The lowest BCUT2D eigenvalue weighted by Crippen LogP contribution is -2.12. The molecule has 132 valence electrons. The quantitative estimate of drug-likeness (QED) is 0.548. The molecule has 0 saturated heterocycles. The Bertz CT molecular complexity index is 740. The fourth-order valence-corrected chi connectivity index (χ4v) is 2.14. The summed E-state index contributed by atoms with van der Waals surface area (Å²) < 4.78 is 15.4.